The van der Waals surface area contributed by atoms with Crippen LogP contribution in [0.15, 0.2) is 34.7 Å². The number of furan rings is 1. The molecule has 1 unspecified atom stereocenters. The Labute approximate surface area is 104 Å². The van der Waals surface area contributed by atoms with Gasteiger partial charge < -0.3 is 9.73 Å². The van der Waals surface area contributed by atoms with E-state index in [-0.39, 0.29) is 11.9 Å². The lowest BCUT2D eigenvalue weighted by Gasteiger charge is -2.15. The van der Waals surface area contributed by atoms with Gasteiger partial charge in [0.1, 0.15) is 11.6 Å². The number of nitrogens with one attached hydrogen (secondary N) is 1. The first-order chi connectivity index (χ1) is 8.11. The van der Waals surface area contributed by atoms with Crippen LogP contribution in [0.5, 0.6) is 0 Å². The fourth-order valence-electron chi connectivity index (χ4n) is 1.82. The minimum absolute atomic E-state index is 0.262. The summed E-state index contributed by atoms with van der Waals surface area (Å²) in [4.78, 5) is 0. The van der Waals surface area contributed by atoms with Crippen molar-refractivity contribution >= 4 is 11.6 Å². The Kier molecular flexibility index (Phi) is 3.50. The van der Waals surface area contributed by atoms with E-state index in [4.69, 9.17) is 16.0 Å². The zero-order valence-corrected chi connectivity index (χ0v) is 10.4. The van der Waals surface area contributed by atoms with E-state index in [1.165, 1.54) is 6.07 Å². The quantitative estimate of drug-likeness (QED) is 0.903. The van der Waals surface area contributed by atoms with Crippen LogP contribution in [0.4, 0.5) is 4.39 Å². The van der Waals surface area contributed by atoms with Crippen molar-refractivity contribution < 1.29 is 8.81 Å². The molecule has 0 amide bonds. The lowest BCUT2D eigenvalue weighted by molar-refractivity contribution is 0.454. The predicted molar refractivity (Wildman–Crippen MR) is 65.8 cm³/mol. The van der Waals surface area contributed by atoms with Crippen LogP contribution in [0.25, 0.3) is 0 Å². The van der Waals surface area contributed by atoms with E-state index in [1.54, 1.807) is 31.3 Å². The van der Waals surface area contributed by atoms with Gasteiger partial charge in [0, 0.05) is 5.56 Å². The second kappa shape index (κ2) is 4.90. The normalized spacial score (nSPS) is 12.7. The minimum Gasteiger partial charge on any atom is -0.448 e. The number of halogens is 2. The molecule has 1 aromatic heterocycles. The summed E-state index contributed by atoms with van der Waals surface area (Å²) in [5.74, 6) is 0.337. The second-order valence-electron chi connectivity index (χ2n) is 3.89. The van der Waals surface area contributed by atoms with E-state index in [9.17, 15) is 4.39 Å². The summed E-state index contributed by atoms with van der Waals surface area (Å²) in [6.45, 7) is 1.92. The zero-order valence-electron chi connectivity index (χ0n) is 9.63. The number of hydrogen-bond acceptors (Lipinski definition) is 2. The number of benzene rings is 1. The summed E-state index contributed by atoms with van der Waals surface area (Å²) in [7, 11) is 1.75. The maximum atomic E-state index is 13.8. The maximum Gasteiger partial charge on any atom is 0.193 e. The highest BCUT2D eigenvalue weighted by atomic mass is 35.5. The molecule has 0 bridgehead atoms. The van der Waals surface area contributed by atoms with Crippen molar-refractivity contribution in [3.63, 3.8) is 0 Å². The topological polar surface area (TPSA) is 25.2 Å². The molecule has 17 heavy (non-hydrogen) atoms. The number of hydrogen-bond donors (Lipinski definition) is 1. The maximum absolute atomic E-state index is 13.8. The van der Waals surface area contributed by atoms with Crippen molar-refractivity contribution in [2.75, 3.05) is 7.05 Å². The Morgan fingerprint density at radius 1 is 1.29 bits per heavy atom. The molecule has 0 saturated heterocycles. The Hall–Kier alpha value is -1.32. The van der Waals surface area contributed by atoms with Crippen molar-refractivity contribution in [1.29, 1.82) is 0 Å². The van der Waals surface area contributed by atoms with E-state index in [0.717, 1.165) is 5.56 Å². The van der Waals surface area contributed by atoms with Crippen LogP contribution in [0.3, 0.4) is 0 Å². The monoisotopic (exact) mass is 253 g/mol. The van der Waals surface area contributed by atoms with Crippen LogP contribution in [-0.4, -0.2) is 7.05 Å². The molecule has 0 aliphatic heterocycles. The molecule has 4 heteroatoms. The third-order valence-corrected chi connectivity index (χ3v) is 2.83. The molecular weight excluding hydrogens is 241 g/mol. The molecule has 0 radical (unpaired) electrons. The van der Waals surface area contributed by atoms with Crippen LogP contribution in [-0.2, 0) is 0 Å². The highest BCUT2D eigenvalue weighted by Crippen LogP contribution is 2.27. The van der Waals surface area contributed by atoms with Crippen molar-refractivity contribution in [3.05, 3.63) is 58.3 Å². The average Bonchev–Trinajstić information content (AvgIpc) is 2.71. The predicted octanol–water partition coefficient (Wildman–Crippen LogP) is 3.69. The van der Waals surface area contributed by atoms with Crippen LogP contribution < -0.4 is 5.32 Å². The van der Waals surface area contributed by atoms with Gasteiger partial charge in [0.15, 0.2) is 5.22 Å². The fraction of sp³-hybridized carbons (Fsp3) is 0.231. The summed E-state index contributed by atoms with van der Waals surface area (Å²) in [6, 6.07) is 8.05. The van der Waals surface area contributed by atoms with Crippen molar-refractivity contribution in [3.8, 4) is 0 Å². The molecule has 1 heterocycles. The third kappa shape index (κ3) is 2.51. The van der Waals surface area contributed by atoms with Gasteiger partial charge >= 0.3 is 0 Å². The van der Waals surface area contributed by atoms with Gasteiger partial charge in [-0.25, -0.2) is 4.39 Å². The molecule has 0 aliphatic rings. The summed E-state index contributed by atoms with van der Waals surface area (Å²) in [5, 5.41) is 3.32. The standard InChI is InChI=1S/C13H13ClFNO/c1-8-3-4-10(15)9(7-8)13(16-2)11-5-6-12(14)17-11/h3-7,13,16H,1-2H3. The van der Waals surface area contributed by atoms with E-state index in [1.807, 2.05) is 6.92 Å². The van der Waals surface area contributed by atoms with Gasteiger partial charge in [-0.15, -0.1) is 0 Å². The van der Waals surface area contributed by atoms with Gasteiger partial charge in [-0.1, -0.05) is 17.7 Å². The number of aryl methyl sites for hydroxylation is 1. The van der Waals surface area contributed by atoms with Crippen LogP contribution in [0.2, 0.25) is 5.22 Å². The molecule has 0 aliphatic carbocycles. The Balaban J connectivity index is 2.45. The first-order valence-electron chi connectivity index (χ1n) is 5.30. The first kappa shape index (κ1) is 12.1. The van der Waals surface area contributed by atoms with Gasteiger partial charge in [-0.05, 0) is 43.8 Å². The van der Waals surface area contributed by atoms with Gasteiger partial charge in [0.05, 0.1) is 6.04 Å². The fourth-order valence-corrected chi connectivity index (χ4v) is 1.97. The summed E-state index contributed by atoms with van der Waals surface area (Å²) in [6.07, 6.45) is 0. The molecule has 2 nitrogen and oxygen atoms in total. The highest BCUT2D eigenvalue weighted by molar-refractivity contribution is 6.28. The molecule has 2 aromatic rings. The van der Waals surface area contributed by atoms with E-state index >= 15 is 0 Å². The van der Waals surface area contributed by atoms with Crippen LogP contribution >= 0.6 is 11.6 Å². The van der Waals surface area contributed by atoms with E-state index in [0.29, 0.717) is 16.5 Å². The molecular formula is C13H13ClFNO. The Morgan fingerprint density at radius 2 is 2.06 bits per heavy atom. The second-order valence-corrected chi connectivity index (χ2v) is 4.26. The smallest absolute Gasteiger partial charge is 0.193 e. The van der Waals surface area contributed by atoms with Crippen LogP contribution in [0.1, 0.15) is 22.9 Å². The molecule has 0 spiro atoms. The molecule has 1 aromatic carbocycles. The van der Waals surface area contributed by atoms with Crippen molar-refractivity contribution in [2.45, 2.75) is 13.0 Å². The summed E-state index contributed by atoms with van der Waals surface area (Å²) in [5.41, 5.74) is 1.55. The highest BCUT2D eigenvalue weighted by Gasteiger charge is 2.19. The average molecular weight is 254 g/mol. The molecule has 0 saturated carbocycles. The third-order valence-electron chi connectivity index (χ3n) is 2.63. The summed E-state index contributed by atoms with van der Waals surface area (Å²) >= 11 is 5.73. The Morgan fingerprint density at radius 3 is 2.65 bits per heavy atom. The lowest BCUT2D eigenvalue weighted by Crippen LogP contribution is -2.18. The molecule has 1 atom stereocenters. The minimum atomic E-state index is -0.331. The van der Waals surface area contributed by atoms with Crippen LogP contribution in [0, 0.1) is 12.7 Å². The van der Waals surface area contributed by atoms with E-state index < -0.39 is 0 Å². The SMILES string of the molecule is CNC(c1ccc(Cl)o1)c1cc(C)ccc1F. The molecule has 90 valence electrons. The largest absolute Gasteiger partial charge is 0.448 e. The zero-order chi connectivity index (χ0) is 12.4. The molecule has 2 rings (SSSR count). The molecule has 1 N–H and O–H groups in total. The number of rotatable bonds is 3. The summed E-state index contributed by atoms with van der Waals surface area (Å²) < 4.78 is 19.1. The van der Waals surface area contributed by atoms with Crippen molar-refractivity contribution in [2.24, 2.45) is 0 Å². The van der Waals surface area contributed by atoms with Gasteiger partial charge in [0.2, 0.25) is 0 Å². The van der Waals surface area contributed by atoms with Gasteiger partial charge in [0.25, 0.3) is 0 Å². The molecule has 0 fully saturated rings. The van der Waals surface area contributed by atoms with Crippen molar-refractivity contribution in [1.82, 2.24) is 5.32 Å². The first-order valence-corrected chi connectivity index (χ1v) is 5.68. The Bertz CT molecular complexity index is 524. The van der Waals surface area contributed by atoms with Gasteiger partial charge in [-0.3, -0.25) is 0 Å². The van der Waals surface area contributed by atoms with E-state index in [2.05, 4.69) is 5.32 Å². The lowest BCUT2D eigenvalue weighted by atomic mass is 10.0. The van der Waals surface area contributed by atoms with Gasteiger partial charge in [-0.2, -0.15) is 0 Å².